The Balaban J connectivity index is 1.55. The van der Waals surface area contributed by atoms with E-state index in [-0.39, 0.29) is 24.3 Å². The molecule has 0 radical (unpaired) electrons. The summed E-state index contributed by atoms with van der Waals surface area (Å²) in [5.41, 5.74) is 1.05. The predicted octanol–water partition coefficient (Wildman–Crippen LogP) is 2.74. The van der Waals surface area contributed by atoms with Crippen molar-refractivity contribution in [1.29, 1.82) is 0 Å². The molecule has 5 nitrogen and oxygen atoms in total. The van der Waals surface area contributed by atoms with Crippen LogP contribution in [0, 0.1) is 0 Å². The molecule has 24 heavy (non-hydrogen) atoms. The number of piperidine rings is 1. The molecule has 1 amide bonds. The lowest BCUT2D eigenvalue weighted by atomic mass is 10.0. The number of carbonyl (C=O) groups is 1. The summed E-state index contributed by atoms with van der Waals surface area (Å²) in [5.74, 6) is 0.0300. The molecule has 1 aromatic rings. The quantitative estimate of drug-likeness (QED) is 0.885. The van der Waals surface area contributed by atoms with Crippen LogP contribution in [-0.4, -0.2) is 49.4 Å². The highest BCUT2D eigenvalue weighted by atomic mass is 35.5. The minimum Gasteiger partial charge on any atom is -0.349 e. The van der Waals surface area contributed by atoms with Gasteiger partial charge in [-0.1, -0.05) is 30.2 Å². The molecule has 1 aromatic carbocycles. The minimum atomic E-state index is -0.188. The number of nitrogens with one attached hydrogen (secondary N) is 1. The van der Waals surface area contributed by atoms with Gasteiger partial charge in [0.2, 0.25) is 5.91 Å². The molecule has 2 atom stereocenters. The number of hydrogen-bond acceptors (Lipinski definition) is 4. The predicted molar refractivity (Wildman–Crippen MR) is 92.9 cm³/mol. The van der Waals surface area contributed by atoms with E-state index >= 15 is 0 Å². The van der Waals surface area contributed by atoms with Gasteiger partial charge in [-0.2, -0.15) is 0 Å². The fraction of sp³-hybridized carbons (Fsp3) is 0.611. The van der Waals surface area contributed by atoms with E-state index in [4.69, 9.17) is 21.1 Å². The van der Waals surface area contributed by atoms with Gasteiger partial charge in [-0.25, -0.2) is 0 Å². The van der Waals surface area contributed by atoms with Crippen molar-refractivity contribution in [3.8, 4) is 0 Å². The van der Waals surface area contributed by atoms with Gasteiger partial charge in [-0.15, -0.1) is 0 Å². The highest BCUT2D eigenvalue weighted by Crippen LogP contribution is 2.24. The van der Waals surface area contributed by atoms with E-state index < -0.39 is 0 Å². The van der Waals surface area contributed by atoms with E-state index in [2.05, 4.69) is 10.2 Å². The Morgan fingerprint density at radius 3 is 2.71 bits per heavy atom. The number of amides is 1. The van der Waals surface area contributed by atoms with Crippen LogP contribution in [0.1, 0.15) is 37.8 Å². The van der Waals surface area contributed by atoms with Crippen molar-refractivity contribution in [2.45, 2.75) is 44.6 Å². The molecule has 0 aliphatic carbocycles. The van der Waals surface area contributed by atoms with Crippen LogP contribution >= 0.6 is 11.6 Å². The molecule has 2 unspecified atom stereocenters. The smallest absolute Gasteiger partial charge is 0.234 e. The SMILES string of the molecule is CC(NC(=O)CN1CCCCC1C1OCCO1)c1ccc(Cl)cc1. The normalized spacial score (nSPS) is 24.0. The lowest BCUT2D eigenvalue weighted by molar-refractivity contribution is -0.131. The van der Waals surface area contributed by atoms with Gasteiger partial charge >= 0.3 is 0 Å². The molecular formula is C18H25ClN2O3. The van der Waals surface area contributed by atoms with Crippen molar-refractivity contribution in [2.24, 2.45) is 0 Å². The summed E-state index contributed by atoms with van der Waals surface area (Å²) in [7, 11) is 0. The number of likely N-dealkylation sites (tertiary alicyclic amines) is 1. The molecule has 0 spiro atoms. The molecule has 2 fully saturated rings. The third-order valence-electron chi connectivity index (χ3n) is 4.72. The zero-order chi connectivity index (χ0) is 16.9. The third-order valence-corrected chi connectivity index (χ3v) is 4.97. The van der Waals surface area contributed by atoms with Crippen LogP contribution in [0.15, 0.2) is 24.3 Å². The number of nitrogens with zero attached hydrogens (tertiary/aromatic N) is 1. The number of ether oxygens (including phenoxy) is 2. The second-order valence-electron chi connectivity index (χ2n) is 6.48. The molecule has 0 saturated carbocycles. The van der Waals surface area contributed by atoms with Crippen LogP contribution in [0.25, 0.3) is 0 Å². The van der Waals surface area contributed by atoms with Crippen molar-refractivity contribution in [3.63, 3.8) is 0 Å². The van der Waals surface area contributed by atoms with Crippen molar-refractivity contribution >= 4 is 17.5 Å². The summed E-state index contributed by atoms with van der Waals surface area (Å²) >= 11 is 5.91. The summed E-state index contributed by atoms with van der Waals surface area (Å²) in [5, 5.41) is 3.77. The van der Waals surface area contributed by atoms with Gasteiger partial charge in [0.15, 0.2) is 6.29 Å². The number of benzene rings is 1. The van der Waals surface area contributed by atoms with Crippen LogP contribution < -0.4 is 5.32 Å². The largest absolute Gasteiger partial charge is 0.349 e. The lowest BCUT2D eigenvalue weighted by Gasteiger charge is -2.37. The first-order valence-corrected chi connectivity index (χ1v) is 9.03. The number of halogens is 1. The van der Waals surface area contributed by atoms with E-state index in [1.807, 2.05) is 31.2 Å². The lowest BCUT2D eigenvalue weighted by Crippen LogP contribution is -2.51. The Hall–Kier alpha value is -1.14. The molecule has 6 heteroatoms. The fourth-order valence-corrected chi connectivity index (χ4v) is 3.55. The molecule has 3 rings (SSSR count). The van der Waals surface area contributed by atoms with E-state index in [9.17, 15) is 4.79 Å². The monoisotopic (exact) mass is 352 g/mol. The number of carbonyl (C=O) groups excluding carboxylic acids is 1. The molecule has 1 N–H and O–H groups in total. The second kappa shape index (κ2) is 8.30. The fourth-order valence-electron chi connectivity index (χ4n) is 3.43. The van der Waals surface area contributed by atoms with Crippen molar-refractivity contribution < 1.29 is 14.3 Å². The van der Waals surface area contributed by atoms with Gasteiger partial charge in [-0.3, -0.25) is 9.69 Å². The summed E-state index contributed by atoms with van der Waals surface area (Å²) in [6, 6.07) is 7.70. The Morgan fingerprint density at radius 2 is 2.00 bits per heavy atom. The zero-order valence-electron chi connectivity index (χ0n) is 14.0. The highest BCUT2D eigenvalue weighted by Gasteiger charge is 2.34. The van der Waals surface area contributed by atoms with Crippen LogP contribution in [0.3, 0.4) is 0 Å². The van der Waals surface area contributed by atoms with Crippen LogP contribution in [-0.2, 0) is 14.3 Å². The van der Waals surface area contributed by atoms with Crippen molar-refractivity contribution in [1.82, 2.24) is 10.2 Å². The van der Waals surface area contributed by atoms with Gasteiger partial charge in [0.1, 0.15) is 0 Å². The minimum absolute atomic E-state index is 0.0300. The van der Waals surface area contributed by atoms with Crippen LogP contribution in [0.2, 0.25) is 5.02 Å². The van der Waals surface area contributed by atoms with E-state index in [0.29, 0.717) is 24.8 Å². The molecular weight excluding hydrogens is 328 g/mol. The zero-order valence-corrected chi connectivity index (χ0v) is 14.8. The maximum atomic E-state index is 12.5. The maximum Gasteiger partial charge on any atom is 0.234 e. The molecule has 2 aliphatic rings. The topological polar surface area (TPSA) is 50.8 Å². The van der Waals surface area contributed by atoms with Gasteiger partial charge in [-0.05, 0) is 44.0 Å². The second-order valence-corrected chi connectivity index (χ2v) is 6.92. The van der Waals surface area contributed by atoms with E-state index in [1.165, 1.54) is 0 Å². The Labute approximate surface area is 148 Å². The average Bonchev–Trinajstić information content (AvgIpc) is 3.10. The van der Waals surface area contributed by atoms with E-state index in [0.717, 1.165) is 31.4 Å². The molecule has 2 heterocycles. The first kappa shape index (κ1) is 17.7. The summed E-state index contributed by atoms with van der Waals surface area (Å²) in [4.78, 5) is 14.7. The highest BCUT2D eigenvalue weighted by molar-refractivity contribution is 6.30. The Kier molecular flexibility index (Phi) is 6.11. The Morgan fingerprint density at radius 1 is 1.29 bits per heavy atom. The Bertz CT molecular complexity index is 546. The molecule has 132 valence electrons. The number of hydrogen-bond donors (Lipinski definition) is 1. The van der Waals surface area contributed by atoms with Gasteiger partial charge in [0.05, 0.1) is 31.8 Å². The number of rotatable bonds is 5. The third kappa shape index (κ3) is 4.48. The van der Waals surface area contributed by atoms with E-state index in [1.54, 1.807) is 0 Å². The first-order valence-electron chi connectivity index (χ1n) is 8.65. The van der Waals surface area contributed by atoms with Gasteiger partial charge in [0.25, 0.3) is 0 Å². The van der Waals surface area contributed by atoms with Crippen molar-refractivity contribution in [3.05, 3.63) is 34.9 Å². The summed E-state index contributed by atoms with van der Waals surface area (Å²) in [6.45, 7) is 4.57. The van der Waals surface area contributed by atoms with Crippen LogP contribution in [0.5, 0.6) is 0 Å². The average molecular weight is 353 g/mol. The standard InChI is InChI=1S/C18H25ClN2O3/c1-13(14-5-7-15(19)8-6-14)20-17(22)12-21-9-3-2-4-16(21)18-23-10-11-24-18/h5-8,13,16,18H,2-4,9-12H2,1H3,(H,20,22). The molecule has 0 bridgehead atoms. The molecule has 0 aromatic heterocycles. The first-order chi connectivity index (χ1) is 11.6. The van der Waals surface area contributed by atoms with Gasteiger partial charge < -0.3 is 14.8 Å². The van der Waals surface area contributed by atoms with Crippen LogP contribution in [0.4, 0.5) is 0 Å². The maximum absolute atomic E-state index is 12.5. The van der Waals surface area contributed by atoms with Gasteiger partial charge in [0, 0.05) is 5.02 Å². The summed E-state index contributed by atoms with van der Waals surface area (Å²) in [6.07, 6.45) is 3.10. The molecule has 2 aliphatic heterocycles. The summed E-state index contributed by atoms with van der Waals surface area (Å²) < 4.78 is 11.3. The molecule has 2 saturated heterocycles. The van der Waals surface area contributed by atoms with Crippen molar-refractivity contribution in [2.75, 3.05) is 26.3 Å².